The third-order valence-corrected chi connectivity index (χ3v) is 6.50. The molecule has 1 amide bonds. The Morgan fingerprint density at radius 2 is 2.27 bits per heavy atom. The maximum atomic E-state index is 12.7. The number of carbonyl (C=O) groups excluding carboxylic acids is 1. The molecule has 6 nitrogen and oxygen atoms in total. The van der Waals surface area contributed by atoms with Crippen molar-refractivity contribution in [3.63, 3.8) is 0 Å². The van der Waals surface area contributed by atoms with Gasteiger partial charge in [-0.3, -0.25) is 9.69 Å². The second kappa shape index (κ2) is 8.00. The standard InChI is InChI=1S/C19H25N3O3S/c23-10-8-20-18(24)17-16(14-6-3-7-21-19(14)26-17)15-12-22(9-11-25-15)13-4-1-2-5-13/h3,6-7,13,15,23H,1-2,4-5,8-12H2,(H,20,24)/t15-/m0/s1. The molecule has 140 valence electrons. The summed E-state index contributed by atoms with van der Waals surface area (Å²) in [5.74, 6) is -0.154. The summed E-state index contributed by atoms with van der Waals surface area (Å²) in [6.07, 6.45) is 6.80. The lowest BCUT2D eigenvalue weighted by molar-refractivity contribution is -0.0434. The number of aliphatic hydroxyl groups is 1. The van der Waals surface area contributed by atoms with Crippen LogP contribution in [0, 0.1) is 0 Å². The number of ether oxygens (including phenoxy) is 1. The molecule has 2 fully saturated rings. The van der Waals surface area contributed by atoms with Crippen LogP contribution in [0.3, 0.4) is 0 Å². The monoisotopic (exact) mass is 375 g/mol. The fourth-order valence-corrected chi connectivity index (χ4v) is 5.25. The molecule has 1 aliphatic heterocycles. The largest absolute Gasteiger partial charge is 0.395 e. The Labute approximate surface area is 157 Å². The topological polar surface area (TPSA) is 74.7 Å². The van der Waals surface area contributed by atoms with Gasteiger partial charge in [0.2, 0.25) is 0 Å². The average molecular weight is 375 g/mol. The Morgan fingerprint density at radius 3 is 3.08 bits per heavy atom. The van der Waals surface area contributed by atoms with Crippen molar-refractivity contribution in [2.75, 3.05) is 32.8 Å². The first-order chi connectivity index (χ1) is 12.8. The summed E-state index contributed by atoms with van der Waals surface area (Å²) in [4.78, 5) is 21.2. The summed E-state index contributed by atoms with van der Waals surface area (Å²) in [7, 11) is 0. The molecular formula is C19H25N3O3S. The highest BCUT2D eigenvalue weighted by molar-refractivity contribution is 7.20. The number of carbonyl (C=O) groups is 1. The van der Waals surface area contributed by atoms with Crippen LogP contribution in [0.5, 0.6) is 0 Å². The van der Waals surface area contributed by atoms with Gasteiger partial charge in [-0.05, 0) is 18.9 Å². The summed E-state index contributed by atoms with van der Waals surface area (Å²) in [5, 5.41) is 12.8. The molecule has 0 unspecified atom stereocenters. The minimum atomic E-state index is -0.154. The van der Waals surface area contributed by atoms with Gasteiger partial charge in [-0.2, -0.15) is 0 Å². The van der Waals surface area contributed by atoms with Gasteiger partial charge in [-0.15, -0.1) is 11.3 Å². The highest BCUT2D eigenvalue weighted by Crippen LogP contribution is 2.38. The number of nitrogens with one attached hydrogen (secondary N) is 1. The first kappa shape index (κ1) is 17.9. The van der Waals surface area contributed by atoms with E-state index < -0.39 is 0 Å². The Bertz CT molecular complexity index is 772. The summed E-state index contributed by atoms with van der Waals surface area (Å²) in [6, 6.07) is 4.58. The predicted molar refractivity (Wildman–Crippen MR) is 102 cm³/mol. The normalized spacial score (nSPS) is 22.1. The molecule has 2 aromatic rings. The number of aromatic nitrogens is 1. The van der Waals surface area contributed by atoms with Crippen LogP contribution >= 0.6 is 11.3 Å². The molecule has 2 aliphatic rings. The molecule has 26 heavy (non-hydrogen) atoms. The van der Waals surface area contributed by atoms with Crippen molar-refractivity contribution < 1.29 is 14.6 Å². The molecule has 2 aromatic heterocycles. The average Bonchev–Trinajstić information content (AvgIpc) is 3.34. The Hall–Kier alpha value is -1.54. The van der Waals surface area contributed by atoms with E-state index in [1.54, 1.807) is 6.20 Å². The number of rotatable bonds is 5. The van der Waals surface area contributed by atoms with E-state index in [9.17, 15) is 4.79 Å². The molecule has 2 N–H and O–H groups in total. The maximum absolute atomic E-state index is 12.7. The van der Waals surface area contributed by atoms with Gasteiger partial charge >= 0.3 is 0 Å². The highest BCUT2D eigenvalue weighted by atomic mass is 32.1. The summed E-state index contributed by atoms with van der Waals surface area (Å²) < 4.78 is 6.12. The quantitative estimate of drug-likeness (QED) is 0.839. The number of nitrogens with zero attached hydrogens (tertiary/aromatic N) is 2. The zero-order valence-corrected chi connectivity index (χ0v) is 15.6. The van der Waals surface area contributed by atoms with E-state index in [1.165, 1.54) is 37.0 Å². The number of hydrogen-bond acceptors (Lipinski definition) is 6. The first-order valence-electron chi connectivity index (χ1n) is 9.40. The zero-order chi connectivity index (χ0) is 17.9. The fourth-order valence-electron chi connectivity index (χ4n) is 4.13. The maximum Gasteiger partial charge on any atom is 0.261 e. The van der Waals surface area contributed by atoms with Gasteiger partial charge in [-0.1, -0.05) is 18.9 Å². The molecule has 1 saturated heterocycles. The zero-order valence-electron chi connectivity index (χ0n) is 14.8. The molecule has 1 atom stereocenters. The molecule has 1 saturated carbocycles. The third-order valence-electron chi connectivity index (χ3n) is 5.37. The van der Waals surface area contributed by atoms with Crippen LogP contribution in [0.4, 0.5) is 0 Å². The first-order valence-corrected chi connectivity index (χ1v) is 10.2. The van der Waals surface area contributed by atoms with Crippen molar-refractivity contribution in [2.24, 2.45) is 0 Å². The molecule has 0 bridgehead atoms. The van der Waals surface area contributed by atoms with Crippen molar-refractivity contribution in [3.05, 3.63) is 28.8 Å². The van der Waals surface area contributed by atoms with E-state index in [4.69, 9.17) is 9.84 Å². The van der Waals surface area contributed by atoms with Gasteiger partial charge in [0, 0.05) is 42.8 Å². The van der Waals surface area contributed by atoms with Crippen LogP contribution in [0.1, 0.15) is 47.0 Å². The summed E-state index contributed by atoms with van der Waals surface area (Å²) >= 11 is 1.41. The lowest BCUT2D eigenvalue weighted by Crippen LogP contribution is -2.44. The van der Waals surface area contributed by atoms with Crippen LogP contribution < -0.4 is 5.32 Å². The minimum Gasteiger partial charge on any atom is -0.395 e. The van der Waals surface area contributed by atoms with Gasteiger partial charge in [-0.25, -0.2) is 4.98 Å². The Balaban J connectivity index is 1.66. The van der Waals surface area contributed by atoms with Crippen LogP contribution in [0.15, 0.2) is 18.3 Å². The van der Waals surface area contributed by atoms with Crippen molar-refractivity contribution in [1.82, 2.24) is 15.2 Å². The molecule has 0 aromatic carbocycles. The van der Waals surface area contributed by atoms with Gasteiger partial charge in [0.05, 0.1) is 19.3 Å². The van der Waals surface area contributed by atoms with Crippen LogP contribution in [0.2, 0.25) is 0 Å². The number of hydrogen-bond donors (Lipinski definition) is 2. The third kappa shape index (κ3) is 3.49. The van der Waals surface area contributed by atoms with Crippen LogP contribution in [0.25, 0.3) is 10.2 Å². The van der Waals surface area contributed by atoms with Crippen LogP contribution in [-0.2, 0) is 4.74 Å². The van der Waals surface area contributed by atoms with Crippen molar-refractivity contribution in [1.29, 1.82) is 0 Å². The smallest absolute Gasteiger partial charge is 0.261 e. The van der Waals surface area contributed by atoms with Crippen molar-refractivity contribution in [3.8, 4) is 0 Å². The van der Waals surface area contributed by atoms with Gasteiger partial charge in [0.25, 0.3) is 5.91 Å². The van der Waals surface area contributed by atoms with Gasteiger partial charge in [0.15, 0.2) is 0 Å². The molecule has 1 aliphatic carbocycles. The Kier molecular flexibility index (Phi) is 5.49. The molecule has 3 heterocycles. The Morgan fingerprint density at radius 1 is 1.42 bits per heavy atom. The lowest BCUT2D eigenvalue weighted by atomic mass is 10.0. The summed E-state index contributed by atoms with van der Waals surface area (Å²) in [6.45, 7) is 2.66. The number of morpholine rings is 1. The molecule has 0 radical (unpaired) electrons. The van der Waals surface area contributed by atoms with E-state index in [0.717, 1.165) is 28.9 Å². The minimum absolute atomic E-state index is 0.0698. The molecule has 4 rings (SSSR count). The van der Waals surface area contributed by atoms with Gasteiger partial charge < -0.3 is 15.2 Å². The number of fused-ring (bicyclic) bond motifs is 1. The van der Waals surface area contributed by atoms with E-state index in [2.05, 4.69) is 15.2 Å². The second-order valence-electron chi connectivity index (χ2n) is 6.97. The predicted octanol–water partition coefficient (Wildman–Crippen LogP) is 2.33. The van der Waals surface area contributed by atoms with E-state index in [-0.39, 0.29) is 25.2 Å². The number of thiophene rings is 1. The SMILES string of the molecule is O=C(NCCO)c1sc2ncccc2c1[C@@H]1CN(C2CCCC2)CCO1. The van der Waals surface area contributed by atoms with Gasteiger partial charge in [0.1, 0.15) is 9.71 Å². The second-order valence-corrected chi connectivity index (χ2v) is 7.97. The van der Waals surface area contributed by atoms with Crippen LogP contribution in [-0.4, -0.2) is 59.8 Å². The number of pyridine rings is 1. The number of amides is 1. The van der Waals surface area contributed by atoms with E-state index in [0.29, 0.717) is 17.5 Å². The molecule has 7 heteroatoms. The molecule has 0 spiro atoms. The molecular weight excluding hydrogens is 350 g/mol. The highest BCUT2D eigenvalue weighted by Gasteiger charge is 2.33. The summed E-state index contributed by atoms with van der Waals surface area (Å²) in [5.41, 5.74) is 0.955. The van der Waals surface area contributed by atoms with Crippen molar-refractivity contribution >= 4 is 27.5 Å². The number of aliphatic hydroxyl groups excluding tert-OH is 1. The van der Waals surface area contributed by atoms with Crippen molar-refractivity contribution in [2.45, 2.75) is 37.8 Å². The fraction of sp³-hybridized carbons (Fsp3) is 0.579. The lowest BCUT2D eigenvalue weighted by Gasteiger charge is -2.37. The van der Waals surface area contributed by atoms with E-state index >= 15 is 0 Å². The van der Waals surface area contributed by atoms with E-state index in [1.807, 2.05) is 12.1 Å².